The predicted molar refractivity (Wildman–Crippen MR) is 69.3 cm³/mol. The Balaban J connectivity index is 2.38. The van der Waals surface area contributed by atoms with Gasteiger partial charge in [0, 0.05) is 6.20 Å². The van der Waals surface area contributed by atoms with Crippen molar-refractivity contribution in [3.05, 3.63) is 40.5 Å². The van der Waals surface area contributed by atoms with Crippen molar-refractivity contribution in [1.29, 1.82) is 0 Å². The smallest absolute Gasteiger partial charge is 0.233 e. The molecule has 1 heterocycles. The van der Waals surface area contributed by atoms with E-state index in [2.05, 4.69) is 20.9 Å². The van der Waals surface area contributed by atoms with Gasteiger partial charge in [-0.3, -0.25) is 0 Å². The largest absolute Gasteiger partial charge is 0.506 e. The molecule has 4 nitrogen and oxygen atoms in total. The van der Waals surface area contributed by atoms with E-state index in [9.17, 15) is 5.11 Å². The molecule has 2 aromatic rings. The molecule has 0 aliphatic rings. The number of nitrogens with two attached hydrogens (primary N) is 1. The molecule has 0 aliphatic heterocycles. The van der Waals surface area contributed by atoms with Crippen LogP contribution in [0, 0.1) is 6.92 Å². The minimum Gasteiger partial charge on any atom is -0.506 e. The highest BCUT2D eigenvalue weighted by atomic mass is 79.9. The van der Waals surface area contributed by atoms with Crippen LogP contribution in [0.25, 0.3) is 0 Å². The Morgan fingerprint density at radius 3 is 2.88 bits per heavy atom. The first-order valence-corrected chi connectivity index (χ1v) is 5.75. The number of phenols is 1. The summed E-state index contributed by atoms with van der Waals surface area (Å²) in [6.45, 7) is 1.93. The van der Waals surface area contributed by atoms with Gasteiger partial charge in [-0.15, -0.1) is 0 Å². The van der Waals surface area contributed by atoms with Crippen molar-refractivity contribution in [2.45, 2.75) is 6.92 Å². The summed E-state index contributed by atoms with van der Waals surface area (Å²) in [6.07, 6.45) is 1.65. The van der Waals surface area contributed by atoms with Crippen molar-refractivity contribution < 1.29 is 9.84 Å². The Bertz CT molecular complexity index is 509. The summed E-state index contributed by atoms with van der Waals surface area (Å²) in [5, 5.41) is 9.46. The minimum absolute atomic E-state index is 0.00808. The first-order chi connectivity index (χ1) is 8.09. The highest BCUT2D eigenvalue weighted by Crippen LogP contribution is 2.36. The van der Waals surface area contributed by atoms with Crippen LogP contribution in [0.4, 0.5) is 5.69 Å². The van der Waals surface area contributed by atoms with Crippen molar-refractivity contribution >= 4 is 21.6 Å². The normalized spacial score (nSPS) is 10.2. The molecule has 0 bridgehead atoms. The first-order valence-electron chi connectivity index (χ1n) is 4.96. The highest BCUT2D eigenvalue weighted by molar-refractivity contribution is 9.10. The molecule has 0 radical (unpaired) electrons. The van der Waals surface area contributed by atoms with Gasteiger partial charge in [0.1, 0.15) is 11.4 Å². The second-order valence-corrected chi connectivity index (χ2v) is 4.33. The van der Waals surface area contributed by atoms with Crippen molar-refractivity contribution in [2.24, 2.45) is 0 Å². The van der Waals surface area contributed by atoms with Gasteiger partial charge >= 0.3 is 0 Å². The number of aryl methyl sites for hydroxylation is 1. The van der Waals surface area contributed by atoms with Crippen LogP contribution in [0.15, 0.2) is 34.9 Å². The maximum absolute atomic E-state index is 9.46. The number of nitrogen functional groups attached to an aromatic ring is 1. The number of anilines is 1. The number of nitrogens with zero attached hydrogens (tertiary/aromatic N) is 1. The van der Waals surface area contributed by atoms with Crippen molar-refractivity contribution in [3.8, 4) is 17.4 Å². The maximum Gasteiger partial charge on any atom is 0.233 e. The molecule has 5 heteroatoms. The number of para-hydroxylation sites is 1. The summed E-state index contributed by atoms with van der Waals surface area (Å²) in [7, 11) is 0. The number of phenolic OH excluding ortho intramolecular Hbond substituents is 1. The number of aromatic hydroxyl groups is 1. The van der Waals surface area contributed by atoms with E-state index in [0.29, 0.717) is 11.6 Å². The topological polar surface area (TPSA) is 68.4 Å². The fourth-order valence-electron chi connectivity index (χ4n) is 1.31. The molecule has 0 atom stereocenters. The van der Waals surface area contributed by atoms with E-state index in [1.807, 2.05) is 13.0 Å². The van der Waals surface area contributed by atoms with Gasteiger partial charge in [0.05, 0.1) is 4.47 Å². The lowest BCUT2D eigenvalue weighted by molar-refractivity contribution is 0.447. The Morgan fingerprint density at radius 2 is 2.12 bits per heavy atom. The van der Waals surface area contributed by atoms with Gasteiger partial charge in [-0.1, -0.05) is 6.07 Å². The third kappa shape index (κ3) is 2.34. The van der Waals surface area contributed by atoms with Gasteiger partial charge in [-0.05, 0) is 46.6 Å². The zero-order valence-electron chi connectivity index (χ0n) is 9.14. The number of pyridine rings is 1. The molecule has 0 saturated heterocycles. The van der Waals surface area contributed by atoms with Crippen LogP contribution < -0.4 is 10.5 Å². The number of halogens is 1. The Hall–Kier alpha value is -1.75. The lowest BCUT2D eigenvalue weighted by atomic mass is 10.2. The molecular formula is C12H11BrN2O2. The Morgan fingerprint density at radius 1 is 1.35 bits per heavy atom. The van der Waals surface area contributed by atoms with Crippen LogP contribution >= 0.6 is 15.9 Å². The summed E-state index contributed by atoms with van der Waals surface area (Å²) in [5.41, 5.74) is 6.91. The van der Waals surface area contributed by atoms with Crippen LogP contribution in [0.5, 0.6) is 17.4 Å². The molecule has 2 rings (SSSR count). The van der Waals surface area contributed by atoms with Crippen molar-refractivity contribution in [2.75, 3.05) is 5.73 Å². The molecule has 88 valence electrons. The fourth-order valence-corrected chi connectivity index (χ4v) is 1.63. The number of benzene rings is 1. The van der Waals surface area contributed by atoms with Crippen LogP contribution in [0.3, 0.4) is 0 Å². The Kier molecular flexibility index (Phi) is 3.19. The average molecular weight is 295 g/mol. The minimum atomic E-state index is -0.00808. The van der Waals surface area contributed by atoms with E-state index in [1.54, 1.807) is 18.3 Å². The summed E-state index contributed by atoms with van der Waals surface area (Å²) >= 11 is 3.39. The molecule has 0 spiro atoms. The summed E-state index contributed by atoms with van der Waals surface area (Å²) in [5.74, 6) is 0.789. The van der Waals surface area contributed by atoms with E-state index in [0.717, 1.165) is 10.0 Å². The third-order valence-corrected chi connectivity index (χ3v) is 3.26. The molecule has 1 aromatic heterocycles. The number of hydrogen-bond acceptors (Lipinski definition) is 4. The van der Waals surface area contributed by atoms with E-state index >= 15 is 0 Å². The van der Waals surface area contributed by atoms with E-state index in [-0.39, 0.29) is 11.4 Å². The monoisotopic (exact) mass is 294 g/mol. The maximum atomic E-state index is 9.46. The fraction of sp³-hybridized carbons (Fsp3) is 0.0833. The van der Waals surface area contributed by atoms with Crippen LogP contribution in [0.2, 0.25) is 0 Å². The van der Waals surface area contributed by atoms with E-state index in [4.69, 9.17) is 10.5 Å². The second-order valence-electron chi connectivity index (χ2n) is 3.54. The molecule has 0 fully saturated rings. The first kappa shape index (κ1) is 11.7. The zero-order valence-corrected chi connectivity index (χ0v) is 10.7. The summed E-state index contributed by atoms with van der Waals surface area (Å²) < 4.78 is 6.33. The lowest BCUT2D eigenvalue weighted by Crippen LogP contribution is -1.95. The zero-order chi connectivity index (χ0) is 12.4. The number of aromatic nitrogens is 1. The lowest BCUT2D eigenvalue weighted by Gasteiger charge is -2.10. The quantitative estimate of drug-likeness (QED) is 0.659. The summed E-state index contributed by atoms with van der Waals surface area (Å²) in [4.78, 5) is 4.10. The predicted octanol–water partition coefficient (Wildman–Crippen LogP) is 3.23. The molecule has 0 saturated carbocycles. The molecule has 0 amide bonds. The summed E-state index contributed by atoms with van der Waals surface area (Å²) in [6, 6.07) is 6.69. The van der Waals surface area contributed by atoms with Gasteiger partial charge < -0.3 is 15.6 Å². The second kappa shape index (κ2) is 4.63. The van der Waals surface area contributed by atoms with Crippen molar-refractivity contribution in [1.82, 2.24) is 4.98 Å². The van der Waals surface area contributed by atoms with Gasteiger partial charge in [-0.25, -0.2) is 4.98 Å². The van der Waals surface area contributed by atoms with Gasteiger partial charge in [0.2, 0.25) is 5.88 Å². The van der Waals surface area contributed by atoms with Gasteiger partial charge in [-0.2, -0.15) is 0 Å². The van der Waals surface area contributed by atoms with Crippen molar-refractivity contribution in [3.63, 3.8) is 0 Å². The molecule has 17 heavy (non-hydrogen) atoms. The standard InChI is InChI=1S/C12H11BrN2O2/c1-7-5-6-15-12(10(7)13)17-9-4-2-3-8(16)11(9)14/h2-6,16H,14H2,1H3. The third-order valence-electron chi connectivity index (χ3n) is 2.30. The molecular weight excluding hydrogens is 284 g/mol. The average Bonchev–Trinajstić information content (AvgIpc) is 2.31. The van der Waals surface area contributed by atoms with Gasteiger partial charge in [0.25, 0.3) is 0 Å². The van der Waals surface area contributed by atoms with Crippen LogP contribution in [-0.2, 0) is 0 Å². The number of ether oxygens (including phenoxy) is 1. The van der Waals surface area contributed by atoms with E-state index < -0.39 is 0 Å². The highest BCUT2D eigenvalue weighted by Gasteiger charge is 2.10. The molecule has 0 unspecified atom stereocenters. The molecule has 0 aliphatic carbocycles. The van der Waals surface area contributed by atoms with Gasteiger partial charge in [0.15, 0.2) is 5.75 Å². The SMILES string of the molecule is Cc1ccnc(Oc2cccc(O)c2N)c1Br. The Labute approximate surface area is 107 Å². The molecule has 3 N–H and O–H groups in total. The number of hydrogen-bond donors (Lipinski definition) is 2. The van der Waals surface area contributed by atoms with E-state index in [1.165, 1.54) is 6.07 Å². The number of rotatable bonds is 2. The molecule has 1 aromatic carbocycles. The van der Waals surface area contributed by atoms with Crippen LogP contribution in [0.1, 0.15) is 5.56 Å². The van der Waals surface area contributed by atoms with Crippen LogP contribution in [-0.4, -0.2) is 10.1 Å².